The van der Waals surface area contributed by atoms with E-state index in [9.17, 15) is 9.59 Å². The largest absolute Gasteiger partial charge is 0.490 e. The van der Waals surface area contributed by atoms with E-state index < -0.39 is 11.5 Å². The molecule has 0 saturated carbocycles. The Balaban J connectivity index is 1.63. The average Bonchev–Trinajstić information content (AvgIpc) is 3.10. The van der Waals surface area contributed by atoms with Crippen molar-refractivity contribution in [2.75, 3.05) is 26.3 Å². The van der Waals surface area contributed by atoms with Crippen LogP contribution in [0.5, 0.6) is 5.75 Å². The number of rotatable bonds is 8. The standard InChI is InChI=1S/C20H25ClN4O4/c1-24-12-15(11-23-24)2-7-19(27)25-8-9-29-20(13-25,10-18(22)26)14-28-17-5-3-16(21)4-6-17/h3-6,11-12H,2,7-10,13-14H2,1H3,(H2,22,26)/t20-/m0/s1. The molecule has 1 aliphatic rings. The molecule has 2 aromatic rings. The molecular weight excluding hydrogens is 396 g/mol. The minimum absolute atomic E-state index is 0.00232. The van der Waals surface area contributed by atoms with Gasteiger partial charge in [-0.05, 0) is 36.2 Å². The van der Waals surface area contributed by atoms with Crippen molar-refractivity contribution >= 4 is 23.4 Å². The highest BCUT2D eigenvalue weighted by Crippen LogP contribution is 2.25. The second-order valence-corrected chi connectivity index (χ2v) is 7.69. The molecule has 1 aromatic carbocycles. The van der Waals surface area contributed by atoms with Gasteiger partial charge in [0, 0.05) is 31.2 Å². The summed E-state index contributed by atoms with van der Waals surface area (Å²) in [6, 6.07) is 6.90. The number of carbonyl (C=O) groups excluding carboxylic acids is 2. The van der Waals surface area contributed by atoms with Crippen LogP contribution in [0.1, 0.15) is 18.4 Å². The van der Waals surface area contributed by atoms with Gasteiger partial charge >= 0.3 is 0 Å². The summed E-state index contributed by atoms with van der Waals surface area (Å²) < 4.78 is 13.4. The van der Waals surface area contributed by atoms with E-state index in [0.717, 1.165) is 5.56 Å². The molecule has 8 nitrogen and oxygen atoms in total. The minimum atomic E-state index is -0.978. The maximum Gasteiger partial charge on any atom is 0.223 e. The first kappa shape index (κ1) is 21.1. The van der Waals surface area contributed by atoms with Crippen LogP contribution >= 0.6 is 11.6 Å². The maximum atomic E-state index is 12.7. The second-order valence-electron chi connectivity index (χ2n) is 7.25. The van der Waals surface area contributed by atoms with E-state index in [1.807, 2.05) is 13.2 Å². The van der Waals surface area contributed by atoms with Crippen molar-refractivity contribution in [2.45, 2.75) is 24.9 Å². The lowest BCUT2D eigenvalue weighted by Gasteiger charge is -2.42. The molecule has 2 N–H and O–H groups in total. The van der Waals surface area contributed by atoms with E-state index in [4.69, 9.17) is 26.8 Å². The van der Waals surface area contributed by atoms with E-state index in [-0.39, 0.29) is 25.5 Å². The Bertz CT molecular complexity index is 854. The molecule has 9 heteroatoms. The van der Waals surface area contributed by atoms with Gasteiger partial charge in [-0.1, -0.05) is 11.6 Å². The van der Waals surface area contributed by atoms with Crippen molar-refractivity contribution in [3.8, 4) is 5.75 Å². The van der Waals surface area contributed by atoms with E-state index in [1.54, 1.807) is 40.0 Å². The first-order valence-electron chi connectivity index (χ1n) is 9.41. The molecule has 1 aliphatic heterocycles. The molecule has 1 atom stereocenters. The molecule has 29 heavy (non-hydrogen) atoms. The summed E-state index contributed by atoms with van der Waals surface area (Å²) in [7, 11) is 1.84. The number of amides is 2. The fourth-order valence-corrected chi connectivity index (χ4v) is 3.50. The number of nitrogens with zero attached hydrogens (tertiary/aromatic N) is 3. The van der Waals surface area contributed by atoms with E-state index in [0.29, 0.717) is 36.8 Å². The Labute approximate surface area is 174 Å². The fourth-order valence-electron chi connectivity index (χ4n) is 3.38. The number of ether oxygens (including phenoxy) is 2. The van der Waals surface area contributed by atoms with E-state index in [1.165, 1.54) is 0 Å². The molecule has 0 radical (unpaired) electrons. The topological polar surface area (TPSA) is 99.7 Å². The lowest BCUT2D eigenvalue weighted by atomic mass is 9.97. The molecule has 1 fully saturated rings. The molecule has 0 aliphatic carbocycles. The van der Waals surface area contributed by atoms with Gasteiger partial charge in [-0.15, -0.1) is 0 Å². The Morgan fingerprint density at radius 3 is 2.76 bits per heavy atom. The predicted octanol–water partition coefficient (Wildman–Crippen LogP) is 1.56. The molecule has 3 rings (SSSR count). The molecule has 0 bridgehead atoms. The van der Waals surface area contributed by atoms with Crippen LogP contribution in [0.4, 0.5) is 0 Å². The third-order valence-electron chi connectivity index (χ3n) is 4.80. The van der Waals surface area contributed by atoms with Crippen molar-refractivity contribution in [3.05, 3.63) is 47.2 Å². The monoisotopic (exact) mass is 420 g/mol. The first-order chi connectivity index (χ1) is 13.8. The number of nitrogens with two attached hydrogens (primary N) is 1. The molecule has 1 saturated heterocycles. The molecule has 156 valence electrons. The zero-order valence-electron chi connectivity index (χ0n) is 16.3. The smallest absolute Gasteiger partial charge is 0.223 e. The number of aryl methyl sites for hydroxylation is 2. The Morgan fingerprint density at radius 2 is 2.10 bits per heavy atom. The van der Waals surface area contributed by atoms with Crippen LogP contribution in [-0.4, -0.2) is 58.4 Å². The maximum absolute atomic E-state index is 12.7. The van der Waals surface area contributed by atoms with Gasteiger partial charge in [0.15, 0.2) is 0 Å². The second kappa shape index (κ2) is 9.28. The van der Waals surface area contributed by atoms with Gasteiger partial charge in [0.1, 0.15) is 18.0 Å². The number of hydrogen-bond donors (Lipinski definition) is 1. The summed E-state index contributed by atoms with van der Waals surface area (Å²) in [5, 5.41) is 4.72. The highest BCUT2D eigenvalue weighted by molar-refractivity contribution is 6.30. The predicted molar refractivity (Wildman–Crippen MR) is 108 cm³/mol. The first-order valence-corrected chi connectivity index (χ1v) is 9.79. The lowest BCUT2D eigenvalue weighted by Crippen LogP contribution is -2.58. The molecule has 2 amide bonds. The SMILES string of the molecule is Cn1cc(CCC(=O)N2CCO[C@@](COc3ccc(Cl)cc3)(CC(N)=O)C2)cn1. The zero-order chi connectivity index (χ0) is 20.9. The number of morpholine rings is 1. The van der Waals surface area contributed by atoms with Gasteiger partial charge in [0.2, 0.25) is 11.8 Å². The van der Waals surface area contributed by atoms with Gasteiger partial charge < -0.3 is 20.1 Å². The van der Waals surface area contributed by atoms with Crippen LogP contribution in [0.15, 0.2) is 36.7 Å². The average molecular weight is 421 g/mol. The summed E-state index contributed by atoms with van der Waals surface area (Å²) in [4.78, 5) is 26.1. The summed E-state index contributed by atoms with van der Waals surface area (Å²) in [5.41, 5.74) is 5.48. The fraction of sp³-hybridized carbons (Fsp3) is 0.450. The van der Waals surface area contributed by atoms with E-state index >= 15 is 0 Å². The quantitative estimate of drug-likeness (QED) is 0.698. The van der Waals surface area contributed by atoms with Gasteiger partial charge in [0.25, 0.3) is 0 Å². The summed E-state index contributed by atoms with van der Waals surface area (Å²) in [6.45, 7) is 1.13. The molecular formula is C20H25ClN4O4. The van der Waals surface area contributed by atoms with Gasteiger partial charge in [-0.2, -0.15) is 5.10 Å². The third kappa shape index (κ3) is 5.95. The summed E-state index contributed by atoms with van der Waals surface area (Å²) >= 11 is 5.90. The molecule has 0 spiro atoms. The number of hydrogen-bond acceptors (Lipinski definition) is 5. The van der Waals surface area contributed by atoms with Crippen molar-refractivity contribution in [1.29, 1.82) is 0 Å². The Kier molecular flexibility index (Phi) is 6.76. The third-order valence-corrected chi connectivity index (χ3v) is 5.05. The highest BCUT2D eigenvalue weighted by atomic mass is 35.5. The van der Waals surface area contributed by atoms with E-state index in [2.05, 4.69) is 5.10 Å². The number of benzene rings is 1. The molecule has 0 unspecified atom stereocenters. The van der Waals surface area contributed by atoms with Gasteiger partial charge in [-0.25, -0.2) is 0 Å². The van der Waals surface area contributed by atoms with Crippen molar-refractivity contribution in [1.82, 2.24) is 14.7 Å². The van der Waals surface area contributed by atoms with Gasteiger partial charge in [-0.3, -0.25) is 14.3 Å². The number of halogens is 1. The normalized spacial score (nSPS) is 19.2. The Morgan fingerprint density at radius 1 is 1.34 bits per heavy atom. The van der Waals surface area contributed by atoms with Crippen LogP contribution in [0.2, 0.25) is 5.02 Å². The number of primary amides is 1. The number of aromatic nitrogens is 2. The molecule has 2 heterocycles. The lowest BCUT2D eigenvalue weighted by molar-refractivity contribution is -0.161. The minimum Gasteiger partial charge on any atom is -0.490 e. The molecule has 1 aromatic heterocycles. The summed E-state index contributed by atoms with van der Waals surface area (Å²) in [6.07, 6.45) is 4.57. The summed E-state index contributed by atoms with van der Waals surface area (Å²) in [5.74, 6) is 0.0914. The Hall–Kier alpha value is -2.58. The number of carbonyl (C=O) groups is 2. The highest BCUT2D eigenvalue weighted by Gasteiger charge is 2.40. The van der Waals surface area contributed by atoms with Crippen LogP contribution in [0.25, 0.3) is 0 Å². The van der Waals surface area contributed by atoms with Crippen LogP contribution in [0, 0.1) is 0 Å². The zero-order valence-corrected chi connectivity index (χ0v) is 17.1. The van der Waals surface area contributed by atoms with Crippen LogP contribution in [0.3, 0.4) is 0 Å². The van der Waals surface area contributed by atoms with Crippen LogP contribution < -0.4 is 10.5 Å². The van der Waals surface area contributed by atoms with Gasteiger partial charge in [0.05, 0.1) is 25.8 Å². The van der Waals surface area contributed by atoms with Crippen LogP contribution in [-0.2, 0) is 27.8 Å². The van der Waals surface area contributed by atoms with Crippen molar-refractivity contribution in [2.24, 2.45) is 12.8 Å². The van der Waals surface area contributed by atoms with Crippen molar-refractivity contribution < 1.29 is 19.1 Å². The van der Waals surface area contributed by atoms with Crippen molar-refractivity contribution in [3.63, 3.8) is 0 Å².